The van der Waals surface area contributed by atoms with Crippen molar-refractivity contribution in [3.05, 3.63) is 42.4 Å². The molecule has 12 heteroatoms. The predicted octanol–water partition coefficient (Wildman–Crippen LogP) is 1.71. The second-order valence-electron chi connectivity index (χ2n) is 7.52. The van der Waals surface area contributed by atoms with E-state index in [1.54, 1.807) is 0 Å². The maximum absolute atomic E-state index is 12.5. The van der Waals surface area contributed by atoms with Gasteiger partial charge in [0.1, 0.15) is 5.69 Å². The number of morpholine rings is 2. The van der Waals surface area contributed by atoms with E-state index in [2.05, 4.69) is 14.9 Å². The van der Waals surface area contributed by atoms with Crippen LogP contribution in [0, 0.1) is 14.9 Å². The first-order valence-corrected chi connectivity index (χ1v) is 10.5. The van der Waals surface area contributed by atoms with Gasteiger partial charge in [0.15, 0.2) is 4.77 Å². The zero-order valence-electron chi connectivity index (χ0n) is 16.6. The number of H-pyrrole nitrogens is 2. The van der Waals surface area contributed by atoms with E-state index in [0.29, 0.717) is 69.4 Å². The van der Waals surface area contributed by atoms with E-state index in [9.17, 15) is 14.9 Å². The number of anilines is 2. The summed E-state index contributed by atoms with van der Waals surface area (Å²) in [6.45, 7) is 4.48. The van der Waals surface area contributed by atoms with Crippen molar-refractivity contribution in [3.8, 4) is 11.6 Å². The molecule has 2 aromatic rings. The summed E-state index contributed by atoms with van der Waals surface area (Å²) in [4.78, 5) is 33.8. The molecule has 164 valence electrons. The van der Waals surface area contributed by atoms with Gasteiger partial charge in [0, 0.05) is 43.9 Å². The Hall–Kier alpha value is -2.96. The largest absolute Gasteiger partial charge is 0.433 e. The number of benzene rings is 1. The van der Waals surface area contributed by atoms with Crippen LogP contribution in [0.15, 0.2) is 10.9 Å². The van der Waals surface area contributed by atoms with Crippen molar-refractivity contribution >= 4 is 29.3 Å². The number of nitro benzene ring substituents is 1. The summed E-state index contributed by atoms with van der Waals surface area (Å²) in [5.74, 6) is 0.302. The average Bonchev–Trinajstić information content (AvgIpc) is 2.78. The lowest BCUT2D eigenvalue weighted by molar-refractivity contribution is -0.385. The quantitative estimate of drug-likeness (QED) is 0.350. The van der Waals surface area contributed by atoms with E-state index in [4.69, 9.17) is 26.4 Å². The van der Waals surface area contributed by atoms with Gasteiger partial charge in [-0.2, -0.15) is 0 Å². The highest BCUT2D eigenvalue weighted by molar-refractivity contribution is 7.71. The van der Waals surface area contributed by atoms with E-state index in [1.807, 2.05) is 11.0 Å². The second kappa shape index (κ2) is 7.94. The lowest BCUT2D eigenvalue weighted by Gasteiger charge is -2.35. The van der Waals surface area contributed by atoms with Crippen LogP contribution < -0.4 is 20.1 Å². The summed E-state index contributed by atoms with van der Waals surface area (Å²) < 4.78 is 17.0. The van der Waals surface area contributed by atoms with Crippen LogP contribution in [-0.2, 0) is 15.9 Å². The molecule has 0 bridgehead atoms. The Balaban J connectivity index is 1.73. The maximum Gasteiger partial charge on any atom is 0.335 e. The number of nitro groups is 1. The smallest absolute Gasteiger partial charge is 0.335 e. The Bertz CT molecular complexity index is 1150. The van der Waals surface area contributed by atoms with Gasteiger partial charge in [0.25, 0.3) is 5.56 Å². The molecular formula is C19H21N5O6S. The number of ether oxygens (including phenoxy) is 3. The van der Waals surface area contributed by atoms with E-state index in [0.717, 1.165) is 5.69 Å². The van der Waals surface area contributed by atoms with Gasteiger partial charge < -0.3 is 29.0 Å². The third-order valence-corrected chi connectivity index (χ3v) is 5.96. The van der Waals surface area contributed by atoms with E-state index < -0.39 is 4.92 Å². The third kappa shape index (κ3) is 3.56. The first kappa shape index (κ1) is 20.0. The van der Waals surface area contributed by atoms with Gasteiger partial charge in [-0.05, 0) is 18.3 Å². The van der Waals surface area contributed by atoms with Crippen molar-refractivity contribution in [1.82, 2.24) is 9.97 Å². The molecule has 5 rings (SSSR count). The number of fused-ring (bicyclic) bond motifs is 2. The summed E-state index contributed by atoms with van der Waals surface area (Å²) in [6.07, 6.45) is 0.197. The second-order valence-corrected chi connectivity index (χ2v) is 7.93. The van der Waals surface area contributed by atoms with Gasteiger partial charge in [0.2, 0.25) is 11.6 Å². The molecule has 1 aromatic carbocycles. The predicted molar refractivity (Wildman–Crippen MR) is 114 cm³/mol. The van der Waals surface area contributed by atoms with Crippen LogP contribution in [0.25, 0.3) is 0 Å². The number of nitrogens with zero attached hydrogens (tertiary/aromatic N) is 3. The van der Waals surface area contributed by atoms with E-state index >= 15 is 0 Å². The molecule has 3 aliphatic heterocycles. The Kier molecular flexibility index (Phi) is 5.12. The fraction of sp³-hybridized carbons (Fsp3) is 0.474. The number of hydrogen-bond donors (Lipinski definition) is 2. The van der Waals surface area contributed by atoms with Crippen molar-refractivity contribution in [2.24, 2.45) is 0 Å². The van der Waals surface area contributed by atoms with Crippen molar-refractivity contribution in [2.45, 2.75) is 6.42 Å². The molecule has 0 spiro atoms. The molecule has 0 amide bonds. The van der Waals surface area contributed by atoms with Crippen LogP contribution in [0.1, 0.15) is 11.1 Å². The Labute approximate surface area is 181 Å². The van der Waals surface area contributed by atoms with Gasteiger partial charge >= 0.3 is 5.69 Å². The molecule has 4 heterocycles. The van der Waals surface area contributed by atoms with Crippen molar-refractivity contribution < 1.29 is 19.1 Å². The lowest BCUT2D eigenvalue weighted by atomic mass is 9.97. The first-order valence-electron chi connectivity index (χ1n) is 10.1. The van der Waals surface area contributed by atoms with Crippen LogP contribution in [0.3, 0.4) is 0 Å². The fourth-order valence-corrected chi connectivity index (χ4v) is 4.45. The van der Waals surface area contributed by atoms with E-state index in [1.165, 1.54) is 0 Å². The van der Waals surface area contributed by atoms with E-state index in [-0.39, 0.29) is 34.1 Å². The SMILES string of the molecule is O=c1[nH]c(=S)[nH]c2c1Cc1c(N3CCOCC3)cc(N3CCOCC3)c([N+](=O)[O-])c1O2. The van der Waals surface area contributed by atoms with Crippen LogP contribution in [0.4, 0.5) is 17.1 Å². The molecule has 0 atom stereocenters. The molecule has 2 saturated heterocycles. The lowest BCUT2D eigenvalue weighted by Crippen LogP contribution is -2.39. The molecule has 11 nitrogen and oxygen atoms in total. The summed E-state index contributed by atoms with van der Waals surface area (Å²) in [5.41, 5.74) is 1.81. The molecule has 1 aromatic heterocycles. The summed E-state index contributed by atoms with van der Waals surface area (Å²) in [7, 11) is 0. The third-order valence-electron chi connectivity index (χ3n) is 5.76. The monoisotopic (exact) mass is 447 g/mol. The summed E-state index contributed by atoms with van der Waals surface area (Å²) in [5, 5.41) is 12.2. The average molecular weight is 447 g/mol. The minimum Gasteiger partial charge on any atom is -0.433 e. The van der Waals surface area contributed by atoms with Crippen molar-refractivity contribution in [3.63, 3.8) is 0 Å². The Morgan fingerprint density at radius 2 is 1.58 bits per heavy atom. The molecule has 0 saturated carbocycles. The topological polar surface area (TPSA) is 126 Å². The molecule has 31 heavy (non-hydrogen) atoms. The normalized spacial score (nSPS) is 18.2. The molecular weight excluding hydrogens is 426 g/mol. The van der Waals surface area contributed by atoms with Crippen LogP contribution >= 0.6 is 12.2 Å². The number of nitrogens with one attached hydrogen (secondary N) is 2. The zero-order chi connectivity index (χ0) is 21.5. The van der Waals surface area contributed by atoms with Crippen LogP contribution in [-0.4, -0.2) is 67.5 Å². The number of aromatic amines is 2. The van der Waals surface area contributed by atoms with Crippen molar-refractivity contribution in [1.29, 1.82) is 0 Å². The fourth-order valence-electron chi connectivity index (χ4n) is 4.27. The Morgan fingerprint density at radius 3 is 2.19 bits per heavy atom. The van der Waals surface area contributed by atoms with Gasteiger partial charge in [-0.25, -0.2) is 0 Å². The Morgan fingerprint density at radius 1 is 0.968 bits per heavy atom. The molecule has 0 radical (unpaired) electrons. The maximum atomic E-state index is 12.5. The molecule has 3 aliphatic rings. The molecule has 0 aliphatic carbocycles. The number of hydrogen-bond acceptors (Lipinski definition) is 9. The minimum atomic E-state index is -0.417. The van der Waals surface area contributed by atoms with Gasteiger partial charge in [0.05, 0.1) is 36.9 Å². The number of aromatic nitrogens is 2. The summed E-state index contributed by atoms with van der Waals surface area (Å²) in [6, 6.07) is 1.85. The van der Waals surface area contributed by atoms with Crippen LogP contribution in [0.2, 0.25) is 0 Å². The summed E-state index contributed by atoms with van der Waals surface area (Å²) >= 11 is 5.06. The van der Waals surface area contributed by atoms with Gasteiger partial charge in [-0.15, -0.1) is 0 Å². The first-order chi connectivity index (χ1) is 15.0. The minimum absolute atomic E-state index is 0.104. The number of rotatable bonds is 3. The van der Waals surface area contributed by atoms with Crippen molar-refractivity contribution in [2.75, 3.05) is 62.4 Å². The molecule has 2 fully saturated rings. The molecule has 0 unspecified atom stereocenters. The van der Waals surface area contributed by atoms with Crippen LogP contribution in [0.5, 0.6) is 11.6 Å². The molecule has 2 N–H and O–H groups in total. The zero-order valence-corrected chi connectivity index (χ0v) is 17.5. The highest BCUT2D eigenvalue weighted by Crippen LogP contribution is 2.50. The highest BCUT2D eigenvalue weighted by atomic mass is 32.1. The van der Waals surface area contributed by atoms with Gasteiger partial charge in [-0.1, -0.05) is 0 Å². The van der Waals surface area contributed by atoms with Gasteiger partial charge in [-0.3, -0.25) is 19.9 Å². The highest BCUT2D eigenvalue weighted by Gasteiger charge is 2.37. The standard InChI is InChI=1S/C19H21N5O6S/c25-17-12-9-11-13(22-1-5-28-6-2-22)10-14(23-3-7-29-8-4-23)15(24(26)27)16(11)30-18(12)21-19(31)20-17/h10H,1-9H2,(H2,20,21,25,31).